The number of hydrogen-bond donors (Lipinski definition) is 1. The quantitative estimate of drug-likeness (QED) is 0.843. The van der Waals surface area contributed by atoms with E-state index in [4.69, 9.17) is 4.74 Å². The minimum Gasteiger partial charge on any atom is -0.497 e. The first-order valence-electron chi connectivity index (χ1n) is 9.60. The second-order valence-corrected chi connectivity index (χ2v) is 8.43. The van der Waals surface area contributed by atoms with Gasteiger partial charge in [0.1, 0.15) is 5.75 Å². The fourth-order valence-corrected chi connectivity index (χ4v) is 3.71. The van der Waals surface area contributed by atoms with E-state index in [1.54, 1.807) is 12.0 Å². The summed E-state index contributed by atoms with van der Waals surface area (Å²) in [4.78, 5) is 13.2. The Kier molecular flexibility index (Phi) is 5.77. The van der Waals surface area contributed by atoms with Crippen LogP contribution in [0.15, 0.2) is 42.2 Å². The van der Waals surface area contributed by atoms with Crippen molar-refractivity contribution in [1.82, 2.24) is 14.7 Å². The smallest absolute Gasteiger partial charge is 0.407 e. The van der Waals surface area contributed by atoms with Crippen LogP contribution in [0.25, 0.3) is 6.08 Å². The summed E-state index contributed by atoms with van der Waals surface area (Å²) in [6, 6.07) is 7.96. The van der Waals surface area contributed by atoms with Gasteiger partial charge < -0.3 is 14.7 Å². The number of carboxylic acid groups (broad SMARTS) is 1. The zero-order valence-corrected chi connectivity index (χ0v) is 17.1. The highest BCUT2D eigenvalue weighted by Crippen LogP contribution is 2.35. The van der Waals surface area contributed by atoms with Crippen molar-refractivity contribution in [3.8, 4) is 5.75 Å². The Morgan fingerprint density at radius 1 is 1.32 bits per heavy atom. The lowest BCUT2D eigenvalue weighted by Crippen LogP contribution is -2.50. The molecule has 0 spiro atoms. The van der Waals surface area contributed by atoms with E-state index < -0.39 is 6.09 Å². The minimum absolute atomic E-state index is 0.0145. The summed E-state index contributed by atoms with van der Waals surface area (Å²) in [6.07, 6.45) is 6.77. The van der Waals surface area contributed by atoms with Crippen LogP contribution >= 0.6 is 0 Å². The van der Waals surface area contributed by atoms with Gasteiger partial charge in [0.05, 0.1) is 19.9 Å². The molecule has 1 aromatic carbocycles. The summed E-state index contributed by atoms with van der Waals surface area (Å²) < 4.78 is 7.11. The predicted octanol–water partition coefficient (Wildman–Crippen LogP) is 4.51. The third-order valence-corrected chi connectivity index (χ3v) is 5.28. The topological polar surface area (TPSA) is 67.6 Å². The van der Waals surface area contributed by atoms with Gasteiger partial charge in [0, 0.05) is 24.3 Å². The summed E-state index contributed by atoms with van der Waals surface area (Å²) in [5, 5.41) is 14.0. The lowest BCUT2D eigenvalue weighted by atomic mass is 9.79. The van der Waals surface area contributed by atoms with Gasteiger partial charge in [0.15, 0.2) is 0 Å². The molecule has 1 aliphatic rings. The molecule has 1 N–H and O–H groups in total. The van der Waals surface area contributed by atoms with Crippen LogP contribution in [0.2, 0.25) is 0 Å². The standard InChI is InChI=1S/C22H29N3O3/c1-22(2,3)20-12-17(9-10-25(20)21(26)27)11-18-13-23-24(15-18)14-16-5-7-19(28-4)8-6-16/h5-8,11,13,15,20H,9-10,12,14H2,1-4H3,(H,26,27)/b17-11-. The summed E-state index contributed by atoms with van der Waals surface area (Å²) in [6.45, 7) is 7.55. The highest BCUT2D eigenvalue weighted by molar-refractivity contribution is 5.66. The van der Waals surface area contributed by atoms with Crippen LogP contribution < -0.4 is 4.74 Å². The third-order valence-electron chi connectivity index (χ3n) is 5.28. The lowest BCUT2D eigenvalue weighted by molar-refractivity contribution is 0.0724. The number of hydrogen-bond acceptors (Lipinski definition) is 3. The van der Waals surface area contributed by atoms with Gasteiger partial charge in [-0.2, -0.15) is 5.10 Å². The van der Waals surface area contributed by atoms with Gasteiger partial charge in [-0.1, -0.05) is 44.6 Å². The van der Waals surface area contributed by atoms with Crippen molar-refractivity contribution >= 4 is 12.2 Å². The van der Waals surface area contributed by atoms with E-state index in [9.17, 15) is 9.90 Å². The van der Waals surface area contributed by atoms with Crippen molar-refractivity contribution in [3.05, 3.63) is 53.4 Å². The Bertz CT molecular complexity index is 847. The monoisotopic (exact) mass is 383 g/mol. The van der Waals surface area contributed by atoms with E-state index >= 15 is 0 Å². The molecule has 2 aromatic rings. The normalized spacial score (nSPS) is 19.1. The summed E-state index contributed by atoms with van der Waals surface area (Å²) in [5.74, 6) is 0.843. The Labute approximate surface area is 166 Å². The maximum absolute atomic E-state index is 11.6. The van der Waals surface area contributed by atoms with Gasteiger partial charge in [0.25, 0.3) is 0 Å². The van der Waals surface area contributed by atoms with Crippen LogP contribution in [0, 0.1) is 5.41 Å². The van der Waals surface area contributed by atoms with Gasteiger partial charge in [-0.3, -0.25) is 4.68 Å². The minimum atomic E-state index is -0.828. The van der Waals surface area contributed by atoms with Crippen molar-refractivity contribution in [3.63, 3.8) is 0 Å². The molecule has 1 aromatic heterocycles. The van der Waals surface area contributed by atoms with E-state index in [1.165, 1.54) is 5.57 Å². The van der Waals surface area contributed by atoms with Gasteiger partial charge in [0.2, 0.25) is 0 Å². The van der Waals surface area contributed by atoms with Gasteiger partial charge in [-0.05, 0) is 36.0 Å². The highest BCUT2D eigenvalue weighted by atomic mass is 16.5. The Morgan fingerprint density at radius 3 is 2.64 bits per heavy atom. The summed E-state index contributed by atoms with van der Waals surface area (Å²) in [7, 11) is 1.66. The fourth-order valence-electron chi connectivity index (χ4n) is 3.71. The van der Waals surface area contributed by atoms with Crippen LogP contribution in [0.4, 0.5) is 4.79 Å². The summed E-state index contributed by atoms with van der Waals surface area (Å²) in [5.41, 5.74) is 3.39. The molecule has 1 fully saturated rings. The first kappa shape index (κ1) is 20.0. The van der Waals surface area contributed by atoms with Gasteiger partial charge in [-0.15, -0.1) is 0 Å². The average molecular weight is 383 g/mol. The molecule has 0 aliphatic carbocycles. The number of rotatable bonds is 4. The van der Waals surface area contributed by atoms with E-state index in [0.717, 1.165) is 29.7 Å². The SMILES string of the molecule is COc1ccc(Cn2cc(/C=C3/CCN(C(=O)O)C(C(C)(C)C)C3)cn2)cc1. The zero-order chi connectivity index (χ0) is 20.3. The molecule has 0 radical (unpaired) electrons. The van der Waals surface area contributed by atoms with Crippen molar-refractivity contribution in [2.45, 2.75) is 46.2 Å². The Morgan fingerprint density at radius 2 is 2.04 bits per heavy atom. The maximum Gasteiger partial charge on any atom is 0.407 e. The number of amides is 1. The number of piperidine rings is 1. The first-order valence-corrected chi connectivity index (χ1v) is 9.60. The lowest BCUT2D eigenvalue weighted by Gasteiger charge is -2.42. The third kappa shape index (κ3) is 4.74. The van der Waals surface area contributed by atoms with E-state index in [-0.39, 0.29) is 11.5 Å². The number of ether oxygens (including phenoxy) is 1. The van der Waals surface area contributed by atoms with Crippen molar-refractivity contribution in [2.24, 2.45) is 5.41 Å². The molecule has 0 bridgehead atoms. The summed E-state index contributed by atoms with van der Waals surface area (Å²) >= 11 is 0. The Hall–Kier alpha value is -2.76. The molecule has 0 saturated carbocycles. The molecule has 6 heteroatoms. The van der Waals surface area contributed by atoms with Crippen molar-refractivity contribution in [2.75, 3.05) is 13.7 Å². The number of nitrogens with zero attached hydrogens (tertiary/aromatic N) is 3. The number of methoxy groups -OCH3 is 1. The van der Waals surface area contributed by atoms with E-state index in [0.29, 0.717) is 13.1 Å². The second kappa shape index (κ2) is 8.09. The molecule has 1 amide bonds. The number of benzene rings is 1. The first-order chi connectivity index (χ1) is 13.3. The molecule has 1 aliphatic heterocycles. The molecule has 2 heterocycles. The molecule has 28 heavy (non-hydrogen) atoms. The predicted molar refractivity (Wildman–Crippen MR) is 110 cm³/mol. The molecule has 150 valence electrons. The largest absolute Gasteiger partial charge is 0.497 e. The molecule has 1 saturated heterocycles. The average Bonchev–Trinajstić information content (AvgIpc) is 3.08. The molecule has 3 rings (SSSR count). The van der Waals surface area contributed by atoms with Gasteiger partial charge >= 0.3 is 6.09 Å². The van der Waals surface area contributed by atoms with Crippen LogP contribution in [-0.4, -0.2) is 45.6 Å². The molecule has 1 unspecified atom stereocenters. The highest BCUT2D eigenvalue weighted by Gasteiger charge is 2.36. The molecular weight excluding hydrogens is 354 g/mol. The number of carbonyl (C=O) groups is 1. The molecule has 1 atom stereocenters. The number of aromatic nitrogens is 2. The van der Waals surface area contributed by atoms with Crippen LogP contribution in [-0.2, 0) is 6.54 Å². The second-order valence-electron chi connectivity index (χ2n) is 8.43. The fraction of sp³-hybridized carbons (Fsp3) is 0.455. The van der Waals surface area contributed by atoms with Crippen molar-refractivity contribution < 1.29 is 14.6 Å². The maximum atomic E-state index is 11.6. The van der Waals surface area contributed by atoms with E-state index in [2.05, 4.69) is 31.9 Å². The Balaban J connectivity index is 1.70. The zero-order valence-electron chi connectivity index (χ0n) is 17.1. The van der Waals surface area contributed by atoms with E-state index in [1.807, 2.05) is 41.3 Å². The van der Waals surface area contributed by atoms with Crippen LogP contribution in [0.5, 0.6) is 5.75 Å². The molecule has 6 nitrogen and oxygen atoms in total. The molecular formula is C22H29N3O3. The van der Waals surface area contributed by atoms with Crippen molar-refractivity contribution in [1.29, 1.82) is 0 Å². The number of likely N-dealkylation sites (tertiary alicyclic amines) is 1. The van der Waals surface area contributed by atoms with Gasteiger partial charge in [-0.25, -0.2) is 4.79 Å². The van der Waals surface area contributed by atoms with Crippen LogP contribution in [0.1, 0.15) is 44.7 Å². The van der Waals surface area contributed by atoms with Crippen LogP contribution in [0.3, 0.4) is 0 Å².